The van der Waals surface area contributed by atoms with Crippen LogP contribution in [0.1, 0.15) is 24.2 Å². The van der Waals surface area contributed by atoms with Gasteiger partial charge in [0.05, 0.1) is 18.0 Å². The third kappa shape index (κ3) is 2.18. The Morgan fingerprint density at radius 3 is 2.55 bits per heavy atom. The zero-order valence-corrected chi connectivity index (χ0v) is 12.2. The van der Waals surface area contributed by atoms with Gasteiger partial charge in [-0.2, -0.15) is 0 Å². The van der Waals surface area contributed by atoms with Crippen molar-refractivity contribution in [2.75, 3.05) is 13.6 Å². The molecular formula is C15H15F2N3O2. The summed E-state index contributed by atoms with van der Waals surface area (Å²) >= 11 is 0. The summed E-state index contributed by atoms with van der Waals surface area (Å²) in [6.07, 6.45) is 0. The fourth-order valence-corrected chi connectivity index (χ4v) is 2.96. The largest absolute Gasteiger partial charge is 0.335 e. The molecule has 0 saturated heterocycles. The number of nitrogens with zero attached hydrogens (tertiary/aromatic N) is 1. The summed E-state index contributed by atoms with van der Waals surface area (Å²) in [7, 11) is 1.72. The van der Waals surface area contributed by atoms with E-state index in [4.69, 9.17) is 0 Å². The molecule has 0 bridgehead atoms. The van der Waals surface area contributed by atoms with E-state index in [2.05, 4.69) is 10.3 Å². The van der Waals surface area contributed by atoms with Gasteiger partial charge in [-0.3, -0.25) is 9.59 Å². The van der Waals surface area contributed by atoms with Crippen molar-refractivity contribution < 1.29 is 13.6 Å². The molecule has 1 aliphatic rings. The zero-order chi connectivity index (χ0) is 16.0. The van der Waals surface area contributed by atoms with E-state index in [1.807, 2.05) is 0 Å². The fraction of sp³-hybridized carbons (Fsp3) is 0.333. The van der Waals surface area contributed by atoms with Gasteiger partial charge < -0.3 is 15.2 Å². The van der Waals surface area contributed by atoms with Crippen LogP contribution < -0.4 is 10.9 Å². The topological polar surface area (TPSA) is 65.2 Å². The number of aromatic amines is 1. The molecule has 0 fully saturated rings. The molecule has 1 unspecified atom stereocenters. The SMILES string of the molecule is CNC1CN(C(C)=O)Cc2[nH]c(=O)c3cc(F)c(F)cc3c21. The number of carbonyl (C=O) groups excluding carboxylic acids is 1. The van der Waals surface area contributed by atoms with E-state index in [9.17, 15) is 18.4 Å². The Labute approximate surface area is 124 Å². The molecule has 1 aliphatic heterocycles. The summed E-state index contributed by atoms with van der Waals surface area (Å²) in [5, 5.41) is 3.54. The maximum Gasteiger partial charge on any atom is 0.256 e. The van der Waals surface area contributed by atoms with Crippen molar-refractivity contribution in [3.63, 3.8) is 0 Å². The van der Waals surface area contributed by atoms with Gasteiger partial charge in [0.15, 0.2) is 11.6 Å². The molecule has 1 aromatic carbocycles. The number of hydrogen-bond acceptors (Lipinski definition) is 3. The van der Waals surface area contributed by atoms with Crippen LogP contribution in [0.5, 0.6) is 0 Å². The lowest BCUT2D eigenvalue weighted by Gasteiger charge is -2.34. The van der Waals surface area contributed by atoms with Crippen LogP contribution in [0.15, 0.2) is 16.9 Å². The Balaban J connectivity index is 2.31. The van der Waals surface area contributed by atoms with Crippen molar-refractivity contribution in [2.45, 2.75) is 19.5 Å². The monoisotopic (exact) mass is 307 g/mol. The van der Waals surface area contributed by atoms with Crippen LogP contribution in [0, 0.1) is 11.6 Å². The first-order valence-corrected chi connectivity index (χ1v) is 6.89. The molecule has 7 heteroatoms. The lowest BCUT2D eigenvalue weighted by Crippen LogP contribution is -2.42. The quantitative estimate of drug-likeness (QED) is 0.837. The summed E-state index contributed by atoms with van der Waals surface area (Å²) in [5.41, 5.74) is 0.755. The third-order valence-corrected chi connectivity index (χ3v) is 4.08. The van der Waals surface area contributed by atoms with Gasteiger partial charge in [0.25, 0.3) is 5.56 Å². The van der Waals surface area contributed by atoms with E-state index in [1.165, 1.54) is 6.92 Å². The standard InChI is InChI=1S/C15H15F2N3O2/c1-7(21)20-5-12(18-2)14-8-3-10(16)11(17)4-9(8)15(22)19-13(14)6-20/h3-4,12,18H,5-6H2,1-2H3,(H,19,22). The number of H-pyrrole nitrogens is 1. The molecule has 2 aromatic rings. The highest BCUT2D eigenvalue weighted by Crippen LogP contribution is 2.31. The Bertz CT molecular complexity index is 832. The third-order valence-electron chi connectivity index (χ3n) is 4.08. The Morgan fingerprint density at radius 2 is 1.95 bits per heavy atom. The van der Waals surface area contributed by atoms with Crippen LogP contribution >= 0.6 is 0 Å². The predicted molar refractivity (Wildman–Crippen MR) is 77.4 cm³/mol. The number of carbonyl (C=O) groups is 1. The average molecular weight is 307 g/mol. The second kappa shape index (κ2) is 5.17. The number of benzene rings is 1. The van der Waals surface area contributed by atoms with Crippen LogP contribution in [0.2, 0.25) is 0 Å². The van der Waals surface area contributed by atoms with Gasteiger partial charge in [0.1, 0.15) is 0 Å². The van der Waals surface area contributed by atoms with Crippen LogP contribution in [0.3, 0.4) is 0 Å². The van der Waals surface area contributed by atoms with Gasteiger partial charge in [-0.15, -0.1) is 0 Å². The number of fused-ring (bicyclic) bond motifs is 3. The van der Waals surface area contributed by atoms with Gasteiger partial charge in [-0.1, -0.05) is 0 Å². The summed E-state index contributed by atoms with van der Waals surface area (Å²) < 4.78 is 27.0. The van der Waals surface area contributed by atoms with E-state index in [1.54, 1.807) is 11.9 Å². The van der Waals surface area contributed by atoms with E-state index in [0.29, 0.717) is 23.2 Å². The minimum Gasteiger partial charge on any atom is -0.335 e. The first-order valence-electron chi connectivity index (χ1n) is 6.89. The minimum atomic E-state index is -1.06. The predicted octanol–water partition coefficient (Wildman–Crippen LogP) is 1.43. The first-order chi connectivity index (χ1) is 10.4. The highest BCUT2D eigenvalue weighted by atomic mass is 19.2. The Kier molecular flexibility index (Phi) is 3.44. The number of halogens is 2. The number of likely N-dealkylation sites (N-methyl/N-ethyl adjacent to an activating group) is 1. The van der Waals surface area contributed by atoms with Gasteiger partial charge in [0.2, 0.25) is 5.91 Å². The number of nitrogens with one attached hydrogen (secondary N) is 2. The van der Waals surface area contributed by atoms with Crippen LogP contribution in [0.25, 0.3) is 10.8 Å². The number of hydrogen-bond donors (Lipinski definition) is 2. The second-order valence-corrected chi connectivity index (χ2v) is 5.40. The number of amides is 1. The van der Waals surface area contributed by atoms with Crippen LogP contribution in [-0.2, 0) is 11.3 Å². The Morgan fingerprint density at radius 1 is 1.32 bits per heavy atom. The van der Waals surface area contributed by atoms with Crippen LogP contribution in [0.4, 0.5) is 8.78 Å². The molecule has 2 heterocycles. The van der Waals surface area contributed by atoms with Crippen molar-refractivity contribution in [1.29, 1.82) is 0 Å². The molecule has 22 heavy (non-hydrogen) atoms. The molecule has 2 N–H and O–H groups in total. The van der Waals surface area contributed by atoms with Gasteiger partial charge in [0, 0.05) is 24.7 Å². The lowest BCUT2D eigenvalue weighted by molar-refractivity contribution is -0.130. The summed E-state index contributed by atoms with van der Waals surface area (Å²) in [6, 6.07) is 1.69. The van der Waals surface area contributed by atoms with Crippen molar-refractivity contribution >= 4 is 16.7 Å². The molecular weight excluding hydrogens is 292 g/mol. The molecule has 116 valence electrons. The van der Waals surface area contributed by atoms with E-state index in [0.717, 1.165) is 12.1 Å². The molecule has 0 saturated carbocycles. The van der Waals surface area contributed by atoms with Gasteiger partial charge in [-0.25, -0.2) is 8.78 Å². The van der Waals surface area contributed by atoms with Gasteiger partial charge in [-0.05, 0) is 24.6 Å². The van der Waals surface area contributed by atoms with Gasteiger partial charge >= 0.3 is 0 Å². The first kappa shape index (κ1) is 14.6. The molecule has 0 spiro atoms. The highest BCUT2D eigenvalue weighted by molar-refractivity contribution is 5.87. The fourth-order valence-electron chi connectivity index (χ4n) is 2.96. The highest BCUT2D eigenvalue weighted by Gasteiger charge is 2.29. The molecule has 5 nitrogen and oxygen atoms in total. The van der Waals surface area contributed by atoms with Crippen molar-refractivity contribution in [3.05, 3.63) is 45.4 Å². The van der Waals surface area contributed by atoms with E-state index >= 15 is 0 Å². The number of pyridine rings is 1. The maximum absolute atomic E-state index is 13.6. The average Bonchev–Trinajstić information content (AvgIpc) is 2.48. The zero-order valence-electron chi connectivity index (χ0n) is 12.2. The maximum atomic E-state index is 13.6. The second-order valence-electron chi connectivity index (χ2n) is 5.40. The smallest absolute Gasteiger partial charge is 0.256 e. The Hall–Kier alpha value is -2.28. The molecule has 1 aromatic heterocycles. The van der Waals surface area contributed by atoms with Crippen molar-refractivity contribution in [2.24, 2.45) is 0 Å². The van der Waals surface area contributed by atoms with Crippen molar-refractivity contribution in [1.82, 2.24) is 15.2 Å². The summed E-state index contributed by atoms with van der Waals surface area (Å²) in [5.74, 6) is -2.17. The minimum absolute atomic E-state index is 0.106. The number of rotatable bonds is 1. The summed E-state index contributed by atoms with van der Waals surface area (Å²) in [6.45, 7) is 2.10. The van der Waals surface area contributed by atoms with Crippen LogP contribution in [-0.4, -0.2) is 29.4 Å². The van der Waals surface area contributed by atoms with E-state index in [-0.39, 0.29) is 23.9 Å². The summed E-state index contributed by atoms with van der Waals surface area (Å²) in [4.78, 5) is 28.0. The van der Waals surface area contributed by atoms with E-state index < -0.39 is 17.2 Å². The normalized spacial score (nSPS) is 17.6. The lowest BCUT2D eigenvalue weighted by atomic mass is 9.94. The molecule has 0 radical (unpaired) electrons. The molecule has 1 amide bonds. The van der Waals surface area contributed by atoms with Crippen molar-refractivity contribution in [3.8, 4) is 0 Å². The number of aromatic nitrogens is 1. The molecule has 3 rings (SSSR count). The molecule has 1 atom stereocenters. The molecule has 0 aliphatic carbocycles.